The Morgan fingerprint density at radius 1 is 2.00 bits per heavy atom. The predicted octanol–water partition coefficient (Wildman–Crippen LogP) is -0.0310. The molecule has 1 rings (SSSR count). The van der Waals surface area contributed by atoms with Gasteiger partial charge < -0.3 is 0 Å². The third kappa shape index (κ3) is 0.704. The van der Waals surface area contributed by atoms with E-state index in [4.69, 9.17) is 0 Å². The topological polar surface area (TPSA) is 38.3 Å². The van der Waals surface area contributed by atoms with Crippen LogP contribution in [0.5, 0.6) is 0 Å². The van der Waals surface area contributed by atoms with Crippen LogP contribution in [0.2, 0.25) is 0 Å². The maximum atomic E-state index is 9.79. The Morgan fingerprint density at radius 2 is 2.40 bits per heavy atom. The van der Waals surface area contributed by atoms with Gasteiger partial charge in [-0.15, -0.1) is 0 Å². The predicted molar refractivity (Wildman–Crippen MR) is 24.3 cm³/mol. The summed E-state index contributed by atoms with van der Waals surface area (Å²) in [6, 6.07) is 0. The standard InChI is InChI=1S/H5NO2P2/c2-5-1-4-3-5/h5H,4H3,(H,1,2). The second-order valence-electron chi connectivity index (χ2n) is 0.753. The summed E-state index contributed by atoms with van der Waals surface area (Å²) in [7, 11) is -2.09. The Hall–Kier alpha value is 0.580. The third-order valence-corrected chi connectivity index (χ3v) is 3.78. The molecule has 1 aliphatic heterocycles. The van der Waals surface area contributed by atoms with Crippen LogP contribution in [-0.2, 0) is 8.88 Å². The molecule has 5 heavy (non-hydrogen) atoms. The molecule has 0 amide bonds. The molecule has 0 aliphatic carbocycles. The molecule has 32 valence electrons. The molecule has 0 aromatic carbocycles. The average molecular weight is 113 g/mol. The van der Waals surface area contributed by atoms with E-state index in [0.717, 1.165) is 0 Å². The van der Waals surface area contributed by atoms with E-state index in [1.807, 2.05) is 0 Å². The summed E-state index contributed by atoms with van der Waals surface area (Å²) in [6.07, 6.45) is 0. The minimum atomic E-state index is -1.63. The van der Waals surface area contributed by atoms with Gasteiger partial charge in [-0.2, -0.15) is 0 Å². The molecule has 1 saturated heterocycles. The van der Waals surface area contributed by atoms with Gasteiger partial charge in [0.25, 0.3) is 0 Å². The van der Waals surface area contributed by atoms with E-state index >= 15 is 0 Å². The van der Waals surface area contributed by atoms with E-state index in [1.54, 1.807) is 0 Å². The second-order valence-corrected chi connectivity index (χ2v) is 4.19. The van der Waals surface area contributed by atoms with E-state index < -0.39 is 17.1 Å². The molecule has 0 saturated carbocycles. The number of hydrogen-bond acceptors (Lipinski definition) is 2. The minimum absolute atomic E-state index is 0.460. The van der Waals surface area contributed by atoms with Crippen molar-refractivity contribution < 1.29 is 8.88 Å². The monoisotopic (exact) mass is 113 g/mol. The zero-order valence-electron chi connectivity index (χ0n) is 2.52. The Labute approximate surface area is 31.9 Å². The third-order valence-electron chi connectivity index (χ3n) is 0.420. The van der Waals surface area contributed by atoms with Crippen LogP contribution >= 0.6 is 17.1 Å². The van der Waals surface area contributed by atoms with Crippen molar-refractivity contribution in [1.29, 1.82) is 0 Å². The van der Waals surface area contributed by atoms with Crippen molar-refractivity contribution in [3.63, 3.8) is 0 Å². The first-order valence-corrected chi connectivity index (χ1v) is 3.90. The summed E-state index contributed by atoms with van der Waals surface area (Å²) < 4.78 is 14.3. The van der Waals surface area contributed by atoms with Crippen molar-refractivity contribution in [2.75, 3.05) is 0 Å². The van der Waals surface area contributed by atoms with Crippen LogP contribution in [0, 0.1) is 0 Å². The van der Waals surface area contributed by atoms with Crippen molar-refractivity contribution in [3.8, 4) is 0 Å². The maximum absolute atomic E-state index is 9.79. The van der Waals surface area contributed by atoms with Gasteiger partial charge in [0.05, 0.1) is 0 Å². The first-order valence-electron chi connectivity index (χ1n) is 1.30. The van der Waals surface area contributed by atoms with Crippen molar-refractivity contribution in [1.82, 2.24) is 4.86 Å². The van der Waals surface area contributed by atoms with Crippen LogP contribution in [-0.4, -0.2) is 0 Å². The van der Waals surface area contributed by atoms with Gasteiger partial charge >= 0.3 is 30.9 Å². The summed E-state index contributed by atoms with van der Waals surface area (Å²) in [5, 5.41) is 0. The van der Waals surface area contributed by atoms with E-state index in [0.29, 0.717) is 0 Å². The second kappa shape index (κ2) is 1.36. The molecule has 1 N–H and O–H groups in total. The molecule has 1 unspecified atom stereocenters. The molecule has 1 atom stereocenters. The summed E-state index contributed by atoms with van der Waals surface area (Å²) in [5.41, 5.74) is 0. The molecule has 5 heteroatoms. The fourth-order valence-electron chi connectivity index (χ4n) is 0.131. The molecule has 1 fully saturated rings. The van der Waals surface area contributed by atoms with Gasteiger partial charge in [0.15, 0.2) is 0 Å². The van der Waals surface area contributed by atoms with E-state index in [1.165, 1.54) is 0 Å². The van der Waals surface area contributed by atoms with Gasteiger partial charge in [0.2, 0.25) is 0 Å². The Balaban J connectivity index is 2.32. The summed E-state index contributed by atoms with van der Waals surface area (Å²) in [6.45, 7) is 0. The van der Waals surface area contributed by atoms with Crippen molar-refractivity contribution in [2.24, 2.45) is 0 Å². The molecular weight excluding hydrogens is 108 g/mol. The molecule has 0 aromatic heterocycles. The number of hydrogen-bond donors (Lipinski definition) is 1. The van der Waals surface area contributed by atoms with Gasteiger partial charge in [-0.3, -0.25) is 0 Å². The van der Waals surface area contributed by atoms with Gasteiger partial charge in [-0.05, 0) is 0 Å². The fourth-order valence-corrected chi connectivity index (χ4v) is 1.18. The quantitative estimate of drug-likeness (QED) is 0.448. The zero-order valence-corrected chi connectivity index (χ0v) is 4.94. The summed E-state index contributed by atoms with van der Waals surface area (Å²) in [5.74, 6) is 0. The van der Waals surface area contributed by atoms with Crippen LogP contribution in [0.15, 0.2) is 0 Å². The van der Waals surface area contributed by atoms with Crippen molar-refractivity contribution >= 4 is 17.1 Å². The first kappa shape index (κ1) is 3.76. The number of nitrogens with one attached hydrogen (secondary N) is 1. The van der Waals surface area contributed by atoms with Crippen LogP contribution in [0.3, 0.4) is 0 Å². The molecule has 0 bridgehead atoms. The van der Waals surface area contributed by atoms with Crippen LogP contribution in [0.25, 0.3) is 0 Å². The Morgan fingerprint density at radius 3 is 2.40 bits per heavy atom. The van der Waals surface area contributed by atoms with Gasteiger partial charge in [-0.1, -0.05) is 0 Å². The molecule has 0 aromatic rings. The van der Waals surface area contributed by atoms with Crippen LogP contribution in [0.4, 0.5) is 0 Å². The molecule has 0 radical (unpaired) electrons. The SMILES string of the molecule is O=[PH]1N[PH3]O1. The van der Waals surface area contributed by atoms with E-state index in [2.05, 4.69) is 9.17 Å². The van der Waals surface area contributed by atoms with Crippen molar-refractivity contribution in [3.05, 3.63) is 0 Å². The average Bonchev–Trinajstić information content (AvgIpc) is 1.30. The molecular formula is H5NO2P2. The molecule has 1 heterocycles. The summed E-state index contributed by atoms with van der Waals surface area (Å²) in [4.78, 5) is 2.67. The summed E-state index contributed by atoms with van der Waals surface area (Å²) >= 11 is 0. The fraction of sp³-hybridized carbons (Fsp3) is 0. The first-order chi connectivity index (χ1) is 2.39. The molecule has 3 nitrogen and oxygen atoms in total. The van der Waals surface area contributed by atoms with Gasteiger partial charge in [-0.25, -0.2) is 0 Å². The molecule has 1 aliphatic rings. The number of rotatable bonds is 0. The van der Waals surface area contributed by atoms with Crippen LogP contribution in [0.1, 0.15) is 0 Å². The zero-order chi connectivity index (χ0) is 3.70. The van der Waals surface area contributed by atoms with E-state index in [-0.39, 0.29) is 0 Å². The Kier molecular flexibility index (Phi) is 1.02. The molecule has 0 spiro atoms. The van der Waals surface area contributed by atoms with Crippen molar-refractivity contribution in [2.45, 2.75) is 0 Å². The normalized spacial score (nSPS) is 38.0. The van der Waals surface area contributed by atoms with Gasteiger partial charge in [0, 0.05) is 0 Å². The van der Waals surface area contributed by atoms with E-state index in [9.17, 15) is 4.57 Å². The Bertz CT molecular complexity index is 54.7. The van der Waals surface area contributed by atoms with Crippen LogP contribution < -0.4 is 4.86 Å². The van der Waals surface area contributed by atoms with Gasteiger partial charge in [0.1, 0.15) is 0 Å².